The fourth-order valence-electron chi connectivity index (χ4n) is 4.07. The molecular formula is C26H40N+. The first-order valence-electron chi connectivity index (χ1n) is 11.4. The van der Waals surface area contributed by atoms with Gasteiger partial charge >= 0.3 is 6.07 Å². The Morgan fingerprint density at radius 2 is 1.59 bits per heavy atom. The summed E-state index contributed by atoms with van der Waals surface area (Å²) in [5.74, 6) is 0.920. The average molecular weight is 367 g/mol. The predicted molar refractivity (Wildman–Crippen MR) is 121 cm³/mol. The minimum Gasteiger partial charge on any atom is -0.0813 e. The Morgan fingerprint density at radius 1 is 0.926 bits per heavy atom. The molecule has 1 nitrogen and oxygen atoms in total. The summed E-state index contributed by atoms with van der Waals surface area (Å²) in [7, 11) is 1.83. The second-order valence-corrected chi connectivity index (χ2v) is 8.30. The van der Waals surface area contributed by atoms with E-state index < -0.39 is 0 Å². The number of nitrogens with zero attached hydrogens (tertiary/aromatic N) is 1. The number of rotatable bonds is 12. The third-order valence-electron chi connectivity index (χ3n) is 6.06. The third kappa shape index (κ3) is 7.53. The van der Waals surface area contributed by atoms with Crippen LogP contribution in [0.4, 0.5) is 0 Å². The molecule has 0 bridgehead atoms. The molecule has 148 valence electrons. The lowest BCUT2D eigenvalue weighted by Crippen LogP contribution is -2.30. The van der Waals surface area contributed by atoms with E-state index in [0.717, 1.165) is 25.2 Å². The Morgan fingerprint density at radius 3 is 2.30 bits per heavy atom. The van der Waals surface area contributed by atoms with Crippen molar-refractivity contribution in [3.8, 4) is 6.07 Å². The summed E-state index contributed by atoms with van der Waals surface area (Å²) < 4.78 is 0. The maximum atomic E-state index is 4.20. The van der Waals surface area contributed by atoms with E-state index in [1.165, 1.54) is 85.8 Å². The largest absolute Gasteiger partial charge is 0.311 e. The predicted octanol–water partition coefficient (Wildman–Crippen LogP) is 6.45. The van der Waals surface area contributed by atoms with E-state index in [1.807, 2.05) is 7.05 Å². The van der Waals surface area contributed by atoms with Crippen LogP contribution in [0.1, 0.15) is 102 Å². The normalized spacial score (nSPS) is 13.7. The number of unbranched alkanes of at least 4 members (excludes halogenated alkanes) is 7. The van der Waals surface area contributed by atoms with Gasteiger partial charge in [0.25, 0.3) is 7.05 Å². The molecule has 0 aliphatic heterocycles. The molecular weight excluding hydrogens is 326 g/mol. The van der Waals surface area contributed by atoms with Crippen molar-refractivity contribution in [2.24, 2.45) is 5.92 Å². The second-order valence-electron chi connectivity index (χ2n) is 8.30. The first-order chi connectivity index (χ1) is 13.3. The number of benzene rings is 1. The maximum Gasteiger partial charge on any atom is 0.311 e. The van der Waals surface area contributed by atoms with Gasteiger partial charge in [0.05, 0.1) is 0 Å². The van der Waals surface area contributed by atoms with Gasteiger partial charge in [-0.05, 0) is 47.6 Å². The number of hydrogen-bond acceptors (Lipinski definition) is 0. The van der Waals surface area contributed by atoms with Crippen LogP contribution < -0.4 is 10.4 Å². The summed E-state index contributed by atoms with van der Waals surface area (Å²) in [6, 6.07) is 7.87. The molecule has 0 amide bonds. The molecule has 0 fully saturated rings. The minimum absolute atomic E-state index is 0.920. The van der Waals surface area contributed by atoms with Crippen molar-refractivity contribution in [1.29, 1.82) is 0 Å². The lowest BCUT2D eigenvalue weighted by Gasteiger charge is -2.08. The van der Waals surface area contributed by atoms with Crippen LogP contribution in [0.3, 0.4) is 0 Å². The van der Waals surface area contributed by atoms with Crippen LogP contribution >= 0.6 is 0 Å². The van der Waals surface area contributed by atoms with E-state index in [4.69, 9.17) is 0 Å². The van der Waals surface area contributed by atoms with Crippen LogP contribution in [0, 0.1) is 12.0 Å². The van der Waals surface area contributed by atoms with E-state index in [1.54, 1.807) is 0 Å². The topological polar surface area (TPSA) is 4.36 Å². The van der Waals surface area contributed by atoms with Crippen molar-refractivity contribution >= 4 is 12.2 Å². The Hall–Kier alpha value is -1.55. The molecule has 0 heterocycles. The quantitative estimate of drug-likeness (QED) is 0.374. The van der Waals surface area contributed by atoms with Gasteiger partial charge in [-0.2, -0.15) is 0 Å². The van der Waals surface area contributed by atoms with Gasteiger partial charge in [0.15, 0.2) is 0 Å². The summed E-state index contributed by atoms with van der Waals surface area (Å²) in [5.41, 5.74) is 2.67. The van der Waals surface area contributed by atoms with E-state index in [0.29, 0.717) is 0 Å². The van der Waals surface area contributed by atoms with E-state index in [2.05, 4.69) is 49.0 Å². The molecule has 1 aromatic rings. The van der Waals surface area contributed by atoms with Crippen LogP contribution in [0.15, 0.2) is 12.1 Å². The van der Waals surface area contributed by atoms with Gasteiger partial charge in [-0.15, -0.1) is 0 Å². The highest BCUT2D eigenvalue weighted by Crippen LogP contribution is 2.15. The second kappa shape index (κ2) is 12.8. The van der Waals surface area contributed by atoms with Gasteiger partial charge in [0, 0.05) is 0 Å². The van der Waals surface area contributed by atoms with Gasteiger partial charge in [-0.3, -0.25) is 0 Å². The molecule has 1 aromatic carbocycles. The number of fused-ring (bicyclic) bond motifs is 1. The molecule has 0 radical (unpaired) electrons. The Bertz CT molecular complexity index is 732. The van der Waals surface area contributed by atoms with E-state index >= 15 is 0 Å². The highest BCUT2D eigenvalue weighted by molar-refractivity contribution is 5.49. The molecule has 0 aromatic heterocycles. The third-order valence-corrected chi connectivity index (χ3v) is 6.06. The van der Waals surface area contributed by atoms with Crippen molar-refractivity contribution in [2.75, 3.05) is 7.05 Å². The monoisotopic (exact) mass is 366 g/mol. The molecule has 1 atom stereocenters. The standard InChI is InChI=1S/C26H40N/c1-4-22(2)15-11-9-7-5-6-8-10-12-16-24-20-19-23-17-13-14-18-25(23)26(24)21-27-3/h17-20,22H,4-16H2,1-3H3/q+1. The van der Waals surface area contributed by atoms with Gasteiger partial charge in [-0.25, -0.2) is 0 Å². The molecule has 27 heavy (non-hydrogen) atoms. The highest BCUT2D eigenvalue weighted by Gasteiger charge is 2.09. The molecule has 1 aliphatic carbocycles. The maximum absolute atomic E-state index is 4.20. The minimum atomic E-state index is 0.920. The number of hydrogen-bond donors (Lipinski definition) is 0. The van der Waals surface area contributed by atoms with E-state index in [9.17, 15) is 0 Å². The Labute approximate surface area is 167 Å². The van der Waals surface area contributed by atoms with Crippen LogP contribution in [-0.2, 0) is 6.42 Å². The van der Waals surface area contributed by atoms with Crippen molar-refractivity contribution in [3.63, 3.8) is 0 Å². The average Bonchev–Trinajstić information content (AvgIpc) is 2.70. The summed E-state index contributed by atoms with van der Waals surface area (Å²) >= 11 is 0. The molecule has 1 aliphatic rings. The van der Waals surface area contributed by atoms with Crippen LogP contribution in [0.2, 0.25) is 0 Å². The lowest BCUT2D eigenvalue weighted by molar-refractivity contribution is 0.469. The lowest BCUT2D eigenvalue weighted by atomic mass is 9.95. The van der Waals surface area contributed by atoms with Crippen molar-refractivity contribution in [2.45, 2.75) is 97.3 Å². The molecule has 0 saturated carbocycles. The molecule has 1 unspecified atom stereocenters. The first kappa shape index (κ1) is 21.7. The molecule has 0 saturated heterocycles. The zero-order valence-corrected chi connectivity index (χ0v) is 18.0. The SMILES string of the molecule is CCC(C)CCCCCCCCCCc1ccc2c(c1C#[N+]C)=CCCC=2. The first-order valence-corrected chi connectivity index (χ1v) is 11.4. The zero-order chi connectivity index (χ0) is 19.3. The Kier molecular flexibility index (Phi) is 10.3. The summed E-state index contributed by atoms with van der Waals surface area (Å²) in [6.45, 7) is 4.69. The van der Waals surface area contributed by atoms with Crippen LogP contribution in [-0.4, -0.2) is 7.05 Å². The number of aryl methyl sites for hydroxylation is 1. The summed E-state index contributed by atoms with van der Waals surface area (Å²) in [5, 5.41) is 2.73. The zero-order valence-electron chi connectivity index (χ0n) is 18.0. The smallest absolute Gasteiger partial charge is 0.0813 e. The Balaban J connectivity index is 1.67. The van der Waals surface area contributed by atoms with Crippen LogP contribution in [0.5, 0.6) is 0 Å². The molecule has 1 heteroatoms. The van der Waals surface area contributed by atoms with Crippen molar-refractivity contribution in [3.05, 3.63) is 38.5 Å². The molecule has 2 rings (SSSR count). The molecule has 0 spiro atoms. The van der Waals surface area contributed by atoms with E-state index in [-0.39, 0.29) is 0 Å². The fraction of sp³-hybridized carbons (Fsp3) is 0.654. The van der Waals surface area contributed by atoms with Crippen molar-refractivity contribution in [1.82, 2.24) is 0 Å². The highest BCUT2D eigenvalue weighted by atomic mass is 14.6. The van der Waals surface area contributed by atoms with Crippen LogP contribution in [0.25, 0.3) is 17.0 Å². The fourth-order valence-corrected chi connectivity index (χ4v) is 4.07. The summed E-state index contributed by atoms with van der Waals surface area (Å²) in [4.78, 5) is 4.20. The summed E-state index contributed by atoms with van der Waals surface area (Å²) in [6.07, 6.45) is 22.1. The van der Waals surface area contributed by atoms with Gasteiger partial charge in [0.1, 0.15) is 5.56 Å². The van der Waals surface area contributed by atoms with Gasteiger partial charge in [0.2, 0.25) is 0 Å². The van der Waals surface area contributed by atoms with Gasteiger partial charge in [-0.1, -0.05) is 101 Å². The molecule has 0 N–H and O–H groups in total. The van der Waals surface area contributed by atoms with Crippen molar-refractivity contribution < 1.29 is 0 Å². The van der Waals surface area contributed by atoms with Gasteiger partial charge < -0.3 is 0 Å².